The Bertz CT molecular complexity index is 464. The molecular weight excluding hydrogens is 202 g/mol. The largest absolute Gasteiger partial charge is 0.495 e. The van der Waals surface area contributed by atoms with E-state index in [0.29, 0.717) is 0 Å². The van der Waals surface area contributed by atoms with E-state index in [9.17, 15) is 0 Å². The molecule has 4 heteroatoms. The fraction of sp³-hybridized carbons (Fsp3) is 0.417. The number of aromatic amines is 1. The molecule has 0 aliphatic rings. The number of likely N-dealkylation sites (N-methyl/N-ethyl adjacent to an activating group) is 1. The Morgan fingerprint density at radius 3 is 3.12 bits per heavy atom. The third kappa shape index (κ3) is 2.17. The molecule has 0 saturated heterocycles. The lowest BCUT2D eigenvalue weighted by molar-refractivity contribution is 0.413. The maximum Gasteiger partial charge on any atom is 0.137 e. The van der Waals surface area contributed by atoms with Crippen molar-refractivity contribution in [3.63, 3.8) is 0 Å². The summed E-state index contributed by atoms with van der Waals surface area (Å²) in [6.45, 7) is 4.10. The lowest BCUT2D eigenvalue weighted by Crippen LogP contribution is -2.15. The van der Waals surface area contributed by atoms with Crippen LogP contribution in [0.15, 0.2) is 18.5 Å². The highest BCUT2D eigenvalue weighted by atomic mass is 16.5. The monoisotopic (exact) mass is 219 g/mol. The number of hydrogen-bond donors (Lipinski definition) is 2. The van der Waals surface area contributed by atoms with E-state index in [1.807, 2.05) is 12.3 Å². The third-order valence-electron chi connectivity index (χ3n) is 2.65. The number of nitrogens with zero attached hydrogens (tertiary/aromatic N) is 1. The van der Waals surface area contributed by atoms with Crippen LogP contribution >= 0.6 is 0 Å². The standard InChI is InChI=1S/C12H17N3O/c1-3-13-5-4-9-7-14-12-11(9)6-10(16-2)8-15-12/h6-8,13H,3-5H2,1-2H3,(H,14,15). The molecule has 4 nitrogen and oxygen atoms in total. The Kier molecular flexibility index (Phi) is 3.41. The molecule has 0 atom stereocenters. The van der Waals surface area contributed by atoms with Gasteiger partial charge in [-0.15, -0.1) is 0 Å². The van der Waals surface area contributed by atoms with Gasteiger partial charge < -0.3 is 15.0 Å². The Morgan fingerprint density at radius 1 is 1.50 bits per heavy atom. The molecule has 0 aliphatic heterocycles. The van der Waals surface area contributed by atoms with Gasteiger partial charge in [-0.2, -0.15) is 0 Å². The van der Waals surface area contributed by atoms with Crippen molar-refractivity contribution in [3.05, 3.63) is 24.0 Å². The lowest BCUT2D eigenvalue weighted by Gasteiger charge is -2.02. The van der Waals surface area contributed by atoms with E-state index >= 15 is 0 Å². The summed E-state index contributed by atoms with van der Waals surface area (Å²) in [5.74, 6) is 0.803. The average Bonchev–Trinajstić information content (AvgIpc) is 2.72. The molecule has 2 aromatic heterocycles. The topological polar surface area (TPSA) is 49.9 Å². The van der Waals surface area contributed by atoms with Crippen LogP contribution in [0.3, 0.4) is 0 Å². The molecule has 0 fully saturated rings. The minimum absolute atomic E-state index is 0.803. The number of fused-ring (bicyclic) bond motifs is 1. The van der Waals surface area contributed by atoms with Crippen LogP contribution in [0.2, 0.25) is 0 Å². The number of methoxy groups -OCH3 is 1. The predicted molar refractivity (Wildman–Crippen MR) is 64.9 cm³/mol. The van der Waals surface area contributed by atoms with Crippen LogP contribution in [-0.2, 0) is 6.42 Å². The summed E-state index contributed by atoms with van der Waals surface area (Å²) >= 11 is 0. The first kappa shape index (κ1) is 11.0. The van der Waals surface area contributed by atoms with Crippen molar-refractivity contribution >= 4 is 11.0 Å². The van der Waals surface area contributed by atoms with Gasteiger partial charge in [-0.05, 0) is 31.1 Å². The third-order valence-corrected chi connectivity index (χ3v) is 2.65. The highest BCUT2D eigenvalue weighted by Crippen LogP contribution is 2.21. The molecule has 0 spiro atoms. The van der Waals surface area contributed by atoms with Crippen molar-refractivity contribution in [1.82, 2.24) is 15.3 Å². The Morgan fingerprint density at radius 2 is 2.38 bits per heavy atom. The maximum atomic E-state index is 5.18. The van der Waals surface area contributed by atoms with Crippen LogP contribution in [0, 0.1) is 0 Å². The van der Waals surface area contributed by atoms with Gasteiger partial charge in [0.1, 0.15) is 11.4 Å². The Labute approximate surface area is 95.0 Å². The van der Waals surface area contributed by atoms with Gasteiger partial charge in [0.2, 0.25) is 0 Å². The fourth-order valence-electron chi connectivity index (χ4n) is 1.76. The van der Waals surface area contributed by atoms with E-state index in [2.05, 4.69) is 22.2 Å². The number of H-pyrrole nitrogens is 1. The van der Waals surface area contributed by atoms with Gasteiger partial charge in [0.15, 0.2) is 0 Å². The van der Waals surface area contributed by atoms with E-state index in [1.54, 1.807) is 13.3 Å². The van der Waals surface area contributed by atoms with Gasteiger partial charge in [-0.1, -0.05) is 6.92 Å². The first-order valence-electron chi connectivity index (χ1n) is 5.56. The van der Waals surface area contributed by atoms with Crippen molar-refractivity contribution in [3.8, 4) is 5.75 Å². The molecule has 0 unspecified atom stereocenters. The van der Waals surface area contributed by atoms with Gasteiger partial charge in [0, 0.05) is 11.6 Å². The normalized spacial score (nSPS) is 10.9. The number of pyridine rings is 1. The van der Waals surface area contributed by atoms with Crippen LogP contribution in [0.25, 0.3) is 11.0 Å². The first-order valence-corrected chi connectivity index (χ1v) is 5.56. The maximum absolute atomic E-state index is 5.18. The lowest BCUT2D eigenvalue weighted by atomic mass is 10.1. The quantitative estimate of drug-likeness (QED) is 0.753. The zero-order valence-corrected chi connectivity index (χ0v) is 9.71. The second-order valence-electron chi connectivity index (χ2n) is 3.69. The summed E-state index contributed by atoms with van der Waals surface area (Å²) in [6, 6.07) is 2.03. The number of ether oxygens (including phenoxy) is 1. The average molecular weight is 219 g/mol. The first-order chi connectivity index (χ1) is 7.85. The summed E-state index contributed by atoms with van der Waals surface area (Å²) in [6.07, 6.45) is 4.75. The minimum Gasteiger partial charge on any atom is -0.495 e. The number of rotatable bonds is 5. The van der Waals surface area contributed by atoms with E-state index in [1.165, 1.54) is 5.56 Å². The summed E-state index contributed by atoms with van der Waals surface area (Å²) in [7, 11) is 1.66. The zero-order valence-electron chi connectivity index (χ0n) is 9.71. The molecule has 0 aliphatic carbocycles. The number of hydrogen-bond acceptors (Lipinski definition) is 3. The van der Waals surface area contributed by atoms with Crippen LogP contribution in [0.1, 0.15) is 12.5 Å². The Balaban J connectivity index is 2.24. The second kappa shape index (κ2) is 4.99. The van der Waals surface area contributed by atoms with E-state index in [0.717, 1.165) is 36.3 Å². The van der Waals surface area contributed by atoms with Gasteiger partial charge in [0.05, 0.1) is 13.3 Å². The van der Waals surface area contributed by atoms with Crippen molar-refractivity contribution in [2.24, 2.45) is 0 Å². The van der Waals surface area contributed by atoms with Crippen LogP contribution < -0.4 is 10.1 Å². The van der Waals surface area contributed by atoms with Crippen molar-refractivity contribution < 1.29 is 4.74 Å². The Hall–Kier alpha value is -1.55. The van der Waals surface area contributed by atoms with Crippen molar-refractivity contribution in [1.29, 1.82) is 0 Å². The van der Waals surface area contributed by atoms with Crippen molar-refractivity contribution in [2.75, 3.05) is 20.2 Å². The number of aromatic nitrogens is 2. The van der Waals surface area contributed by atoms with Gasteiger partial charge in [-0.3, -0.25) is 0 Å². The van der Waals surface area contributed by atoms with Crippen LogP contribution in [-0.4, -0.2) is 30.2 Å². The number of nitrogens with one attached hydrogen (secondary N) is 2. The SMILES string of the molecule is CCNCCc1c[nH]c2ncc(OC)cc12. The summed E-state index contributed by atoms with van der Waals surface area (Å²) in [5.41, 5.74) is 2.20. The van der Waals surface area contributed by atoms with Crippen molar-refractivity contribution in [2.45, 2.75) is 13.3 Å². The molecule has 0 radical (unpaired) electrons. The van der Waals surface area contributed by atoms with Gasteiger partial charge in [0.25, 0.3) is 0 Å². The molecule has 2 rings (SSSR count). The highest BCUT2D eigenvalue weighted by Gasteiger charge is 2.05. The molecule has 0 amide bonds. The van der Waals surface area contributed by atoms with E-state index < -0.39 is 0 Å². The van der Waals surface area contributed by atoms with Gasteiger partial charge >= 0.3 is 0 Å². The van der Waals surface area contributed by atoms with Gasteiger partial charge in [-0.25, -0.2) is 4.98 Å². The minimum atomic E-state index is 0.803. The summed E-state index contributed by atoms with van der Waals surface area (Å²) in [4.78, 5) is 7.47. The predicted octanol–water partition coefficient (Wildman–Crippen LogP) is 1.72. The molecule has 0 aromatic carbocycles. The molecule has 16 heavy (non-hydrogen) atoms. The molecule has 86 valence electrons. The van der Waals surface area contributed by atoms with E-state index in [-0.39, 0.29) is 0 Å². The second-order valence-corrected chi connectivity index (χ2v) is 3.69. The molecule has 2 aromatic rings. The summed E-state index contributed by atoms with van der Waals surface area (Å²) in [5, 5.41) is 4.46. The molecular formula is C12H17N3O. The molecule has 2 N–H and O–H groups in total. The molecule has 0 bridgehead atoms. The van der Waals surface area contributed by atoms with E-state index in [4.69, 9.17) is 4.74 Å². The molecule has 2 heterocycles. The molecule has 0 saturated carbocycles. The smallest absolute Gasteiger partial charge is 0.137 e. The fourth-order valence-corrected chi connectivity index (χ4v) is 1.76. The summed E-state index contributed by atoms with van der Waals surface area (Å²) < 4.78 is 5.18. The van der Waals surface area contributed by atoms with Crippen LogP contribution in [0.5, 0.6) is 5.75 Å². The highest BCUT2D eigenvalue weighted by molar-refractivity contribution is 5.80. The zero-order chi connectivity index (χ0) is 11.4. The van der Waals surface area contributed by atoms with Crippen LogP contribution in [0.4, 0.5) is 0 Å².